The van der Waals surface area contributed by atoms with Crippen molar-refractivity contribution in [3.8, 4) is 0 Å². The van der Waals surface area contributed by atoms with Crippen molar-refractivity contribution in [2.24, 2.45) is 0 Å². The monoisotopic (exact) mass is 347 g/mol. The van der Waals surface area contributed by atoms with Crippen LogP contribution in [0.15, 0.2) is 22.8 Å². The molecule has 2 aromatic rings. The third-order valence-electron chi connectivity index (χ3n) is 4.22. The van der Waals surface area contributed by atoms with Gasteiger partial charge >= 0.3 is 0 Å². The minimum absolute atomic E-state index is 0.108. The Kier molecular flexibility index (Phi) is 4.99. The molecule has 0 aliphatic carbocycles. The first-order valence-corrected chi connectivity index (χ1v) is 8.89. The molecule has 2 amide bonds. The third-order valence-corrected chi connectivity index (χ3v) is 5.35. The van der Waals surface area contributed by atoms with Crippen molar-refractivity contribution in [2.45, 2.75) is 26.7 Å². The van der Waals surface area contributed by atoms with E-state index in [0.29, 0.717) is 38.4 Å². The summed E-state index contributed by atoms with van der Waals surface area (Å²) < 4.78 is 5.15. The number of amides is 2. The fourth-order valence-corrected chi connectivity index (χ4v) is 3.84. The SMILES string of the molecule is Cc1nc(C)c(CCC(=O)N2CCN(C(=O)c3ccco3)CC2)s1. The summed E-state index contributed by atoms with van der Waals surface area (Å²) in [7, 11) is 0. The second kappa shape index (κ2) is 7.17. The number of nitrogens with zero attached hydrogens (tertiary/aromatic N) is 3. The Morgan fingerprint density at radius 1 is 1.21 bits per heavy atom. The number of thiazole rings is 1. The molecule has 2 aromatic heterocycles. The summed E-state index contributed by atoms with van der Waals surface area (Å²) in [5.41, 5.74) is 1.03. The van der Waals surface area contributed by atoms with E-state index in [-0.39, 0.29) is 11.8 Å². The van der Waals surface area contributed by atoms with Crippen LogP contribution in [-0.2, 0) is 11.2 Å². The van der Waals surface area contributed by atoms with E-state index in [9.17, 15) is 9.59 Å². The Hall–Kier alpha value is -2.15. The van der Waals surface area contributed by atoms with E-state index < -0.39 is 0 Å². The summed E-state index contributed by atoms with van der Waals surface area (Å²) in [6.45, 7) is 6.21. The summed E-state index contributed by atoms with van der Waals surface area (Å²) in [5, 5.41) is 1.04. The molecule has 128 valence electrons. The van der Waals surface area contributed by atoms with Crippen LogP contribution in [0.5, 0.6) is 0 Å². The van der Waals surface area contributed by atoms with Gasteiger partial charge in [0.05, 0.1) is 17.0 Å². The highest BCUT2D eigenvalue weighted by molar-refractivity contribution is 7.11. The van der Waals surface area contributed by atoms with Crippen molar-refractivity contribution >= 4 is 23.2 Å². The molecule has 0 atom stereocenters. The molecule has 0 saturated carbocycles. The van der Waals surface area contributed by atoms with Crippen LogP contribution >= 0.6 is 11.3 Å². The van der Waals surface area contributed by atoms with E-state index in [0.717, 1.165) is 17.1 Å². The van der Waals surface area contributed by atoms with Gasteiger partial charge in [0.25, 0.3) is 5.91 Å². The maximum absolute atomic E-state index is 12.4. The number of carbonyl (C=O) groups excluding carboxylic acids is 2. The molecule has 3 rings (SSSR count). The molecule has 7 heteroatoms. The van der Waals surface area contributed by atoms with E-state index in [1.807, 2.05) is 18.7 Å². The number of aryl methyl sites for hydroxylation is 3. The van der Waals surface area contributed by atoms with Gasteiger partial charge in [0.1, 0.15) is 0 Å². The van der Waals surface area contributed by atoms with Crippen molar-refractivity contribution in [1.29, 1.82) is 0 Å². The van der Waals surface area contributed by atoms with Crippen LogP contribution < -0.4 is 0 Å². The Labute approximate surface area is 145 Å². The molecular weight excluding hydrogens is 326 g/mol. The van der Waals surface area contributed by atoms with Gasteiger partial charge < -0.3 is 14.2 Å². The smallest absolute Gasteiger partial charge is 0.289 e. The first-order chi connectivity index (χ1) is 11.5. The van der Waals surface area contributed by atoms with Crippen molar-refractivity contribution in [3.05, 3.63) is 39.7 Å². The molecule has 1 fully saturated rings. The first kappa shape index (κ1) is 16.7. The van der Waals surface area contributed by atoms with Crippen LogP contribution in [0.3, 0.4) is 0 Å². The van der Waals surface area contributed by atoms with Crippen molar-refractivity contribution < 1.29 is 14.0 Å². The summed E-state index contributed by atoms with van der Waals surface area (Å²) in [4.78, 5) is 33.8. The molecule has 1 aliphatic heterocycles. The maximum Gasteiger partial charge on any atom is 0.289 e. The number of carbonyl (C=O) groups is 2. The van der Waals surface area contributed by atoms with Crippen molar-refractivity contribution in [1.82, 2.24) is 14.8 Å². The standard InChI is InChI=1S/C17H21N3O3S/c1-12-15(24-13(2)18-12)5-6-16(21)19-7-9-20(10-8-19)17(22)14-4-3-11-23-14/h3-4,11H,5-10H2,1-2H3. The highest BCUT2D eigenvalue weighted by atomic mass is 32.1. The zero-order valence-corrected chi connectivity index (χ0v) is 14.8. The summed E-state index contributed by atoms with van der Waals surface area (Å²) >= 11 is 1.66. The molecule has 3 heterocycles. The summed E-state index contributed by atoms with van der Waals surface area (Å²) in [6, 6.07) is 3.37. The predicted molar refractivity (Wildman–Crippen MR) is 91.1 cm³/mol. The van der Waals surface area contributed by atoms with Gasteiger partial charge in [-0.15, -0.1) is 11.3 Å². The van der Waals surface area contributed by atoms with Crippen LogP contribution in [0.2, 0.25) is 0 Å². The molecule has 0 bridgehead atoms. The van der Waals surface area contributed by atoms with Crippen LogP contribution in [0.1, 0.15) is 32.6 Å². The molecule has 0 aromatic carbocycles. The van der Waals surface area contributed by atoms with E-state index in [1.54, 1.807) is 28.4 Å². The van der Waals surface area contributed by atoms with Gasteiger partial charge in [-0.1, -0.05) is 0 Å². The van der Waals surface area contributed by atoms with Gasteiger partial charge in [-0.25, -0.2) is 4.98 Å². The molecule has 0 N–H and O–H groups in total. The fraction of sp³-hybridized carbons (Fsp3) is 0.471. The average Bonchev–Trinajstić information content (AvgIpc) is 3.22. The first-order valence-electron chi connectivity index (χ1n) is 8.08. The minimum atomic E-state index is -0.108. The average molecular weight is 347 g/mol. The lowest BCUT2D eigenvalue weighted by Gasteiger charge is -2.34. The molecule has 1 aliphatic rings. The largest absolute Gasteiger partial charge is 0.459 e. The highest BCUT2D eigenvalue weighted by Gasteiger charge is 2.26. The molecule has 6 nitrogen and oxygen atoms in total. The highest BCUT2D eigenvalue weighted by Crippen LogP contribution is 2.19. The number of furan rings is 1. The Bertz CT molecular complexity index is 716. The number of aromatic nitrogens is 1. The molecular formula is C17H21N3O3S. The lowest BCUT2D eigenvalue weighted by atomic mass is 10.2. The van der Waals surface area contributed by atoms with E-state index in [1.165, 1.54) is 11.1 Å². The van der Waals surface area contributed by atoms with Crippen LogP contribution in [0.4, 0.5) is 0 Å². The Balaban J connectivity index is 1.48. The predicted octanol–water partition coefficient (Wildman–Crippen LogP) is 2.27. The Morgan fingerprint density at radius 3 is 2.50 bits per heavy atom. The van der Waals surface area contributed by atoms with Crippen molar-refractivity contribution in [3.63, 3.8) is 0 Å². The second-order valence-electron chi connectivity index (χ2n) is 5.89. The van der Waals surface area contributed by atoms with Gasteiger partial charge in [-0.05, 0) is 32.4 Å². The van der Waals surface area contributed by atoms with Crippen LogP contribution in [0, 0.1) is 13.8 Å². The lowest BCUT2D eigenvalue weighted by Crippen LogP contribution is -2.50. The van der Waals surface area contributed by atoms with Gasteiger partial charge in [0.2, 0.25) is 5.91 Å². The molecule has 0 spiro atoms. The maximum atomic E-state index is 12.4. The molecule has 1 saturated heterocycles. The third kappa shape index (κ3) is 3.67. The minimum Gasteiger partial charge on any atom is -0.459 e. The Morgan fingerprint density at radius 2 is 1.92 bits per heavy atom. The number of hydrogen-bond acceptors (Lipinski definition) is 5. The number of rotatable bonds is 4. The second-order valence-corrected chi connectivity index (χ2v) is 7.18. The normalized spacial score (nSPS) is 14.9. The van der Waals surface area contributed by atoms with Crippen LogP contribution in [0.25, 0.3) is 0 Å². The van der Waals surface area contributed by atoms with E-state index in [4.69, 9.17) is 4.42 Å². The zero-order chi connectivity index (χ0) is 17.1. The van der Waals surface area contributed by atoms with Gasteiger partial charge in [0.15, 0.2) is 5.76 Å². The quantitative estimate of drug-likeness (QED) is 0.851. The molecule has 24 heavy (non-hydrogen) atoms. The van der Waals surface area contributed by atoms with Gasteiger partial charge in [0, 0.05) is 37.5 Å². The van der Waals surface area contributed by atoms with Crippen molar-refractivity contribution in [2.75, 3.05) is 26.2 Å². The van der Waals surface area contributed by atoms with Gasteiger partial charge in [-0.3, -0.25) is 9.59 Å². The number of piperazine rings is 1. The zero-order valence-electron chi connectivity index (χ0n) is 13.9. The summed E-state index contributed by atoms with van der Waals surface area (Å²) in [6.07, 6.45) is 2.73. The summed E-state index contributed by atoms with van der Waals surface area (Å²) in [5.74, 6) is 0.388. The van der Waals surface area contributed by atoms with Gasteiger partial charge in [-0.2, -0.15) is 0 Å². The topological polar surface area (TPSA) is 66.7 Å². The lowest BCUT2D eigenvalue weighted by molar-refractivity contribution is -0.132. The van der Waals surface area contributed by atoms with E-state index >= 15 is 0 Å². The molecule has 0 unspecified atom stereocenters. The van der Waals surface area contributed by atoms with E-state index in [2.05, 4.69) is 4.98 Å². The van der Waals surface area contributed by atoms with Crippen LogP contribution in [-0.4, -0.2) is 52.8 Å². The number of hydrogen-bond donors (Lipinski definition) is 0. The molecule has 0 radical (unpaired) electrons. The fourth-order valence-electron chi connectivity index (χ4n) is 2.90.